The number of hydrogen-bond donors (Lipinski definition) is 2. The van der Waals surface area contributed by atoms with Gasteiger partial charge >= 0.3 is 0 Å². The number of aromatic nitrogens is 5. The van der Waals surface area contributed by atoms with Gasteiger partial charge in [0.15, 0.2) is 10.8 Å². The van der Waals surface area contributed by atoms with Gasteiger partial charge in [-0.05, 0) is 50.1 Å². The summed E-state index contributed by atoms with van der Waals surface area (Å²) in [5.41, 5.74) is 9.36. The number of nitrogens with two attached hydrogens (primary N) is 1. The smallest absolute Gasteiger partial charge is 0.254 e. The second-order valence-corrected chi connectivity index (χ2v) is 8.46. The molecule has 3 N–H and O–H groups in total. The van der Waals surface area contributed by atoms with Crippen molar-refractivity contribution in [3.05, 3.63) is 65.4 Å². The molecule has 0 spiro atoms. The third kappa shape index (κ3) is 4.35. The van der Waals surface area contributed by atoms with Gasteiger partial charge < -0.3 is 15.6 Å². The first-order valence-corrected chi connectivity index (χ1v) is 10.8. The van der Waals surface area contributed by atoms with E-state index < -0.39 is 5.91 Å². The number of nitrogens with zero attached hydrogens (tertiary/aromatic N) is 5. The number of amides is 2. The van der Waals surface area contributed by atoms with Crippen molar-refractivity contribution in [2.45, 2.75) is 36.7 Å². The molecule has 10 heteroatoms. The molecule has 3 heterocycles. The second-order valence-electron chi connectivity index (χ2n) is 7.41. The molecule has 0 unspecified atom stereocenters. The number of nitrogens with one attached hydrogen (secondary N) is 1. The molecular weight excluding hydrogens is 426 g/mol. The lowest BCUT2D eigenvalue weighted by Gasteiger charge is -2.12. The monoisotopic (exact) mass is 449 g/mol. The Balaban J connectivity index is 1.40. The van der Waals surface area contributed by atoms with Crippen LogP contribution in [0.5, 0.6) is 0 Å². The van der Waals surface area contributed by atoms with E-state index in [9.17, 15) is 9.59 Å². The van der Waals surface area contributed by atoms with Crippen molar-refractivity contribution in [1.82, 2.24) is 24.1 Å². The molecule has 0 saturated heterocycles. The zero-order valence-corrected chi connectivity index (χ0v) is 18.8. The molecule has 0 aliphatic carbocycles. The van der Waals surface area contributed by atoms with Crippen LogP contribution in [0.1, 0.15) is 33.7 Å². The SMILES string of the molecule is Cc1nc2c(C(N)=O)cnn2c(C)c1CCC(=O)Nc1ccc(Sc2nccn2C)cc1. The Labute approximate surface area is 189 Å². The molecule has 4 aromatic rings. The van der Waals surface area contributed by atoms with Gasteiger partial charge in [-0.2, -0.15) is 5.10 Å². The van der Waals surface area contributed by atoms with Crippen LogP contribution in [0.2, 0.25) is 0 Å². The van der Waals surface area contributed by atoms with Gasteiger partial charge in [-0.15, -0.1) is 0 Å². The first-order valence-electron chi connectivity index (χ1n) is 10.0. The van der Waals surface area contributed by atoms with E-state index in [4.69, 9.17) is 5.73 Å². The summed E-state index contributed by atoms with van der Waals surface area (Å²) in [5, 5.41) is 8.05. The fourth-order valence-electron chi connectivity index (χ4n) is 3.47. The summed E-state index contributed by atoms with van der Waals surface area (Å²) in [5.74, 6) is -0.658. The van der Waals surface area contributed by atoms with Gasteiger partial charge in [0.05, 0.1) is 6.20 Å². The normalized spacial score (nSPS) is 11.1. The van der Waals surface area contributed by atoms with Gasteiger partial charge in [0.1, 0.15) is 5.56 Å². The maximum atomic E-state index is 12.5. The average molecular weight is 450 g/mol. The van der Waals surface area contributed by atoms with Gasteiger partial charge in [-0.25, -0.2) is 14.5 Å². The maximum absolute atomic E-state index is 12.5. The van der Waals surface area contributed by atoms with Gasteiger partial charge in [0, 0.05) is 47.8 Å². The third-order valence-electron chi connectivity index (χ3n) is 5.20. The highest BCUT2D eigenvalue weighted by molar-refractivity contribution is 7.99. The number of fused-ring (bicyclic) bond motifs is 1. The zero-order valence-electron chi connectivity index (χ0n) is 18.0. The van der Waals surface area contributed by atoms with Crippen LogP contribution in [-0.2, 0) is 18.3 Å². The number of imidazole rings is 1. The van der Waals surface area contributed by atoms with Crippen LogP contribution in [-0.4, -0.2) is 36.0 Å². The van der Waals surface area contributed by atoms with E-state index in [1.165, 1.54) is 6.20 Å². The predicted octanol–water partition coefficient (Wildman–Crippen LogP) is 2.90. The summed E-state index contributed by atoms with van der Waals surface area (Å²) in [6.07, 6.45) is 5.88. The number of carbonyl (C=O) groups is 2. The molecule has 1 aromatic carbocycles. The van der Waals surface area contributed by atoms with E-state index in [1.54, 1.807) is 22.5 Å². The maximum Gasteiger partial charge on any atom is 0.254 e. The molecule has 2 amide bonds. The molecule has 164 valence electrons. The number of aryl methyl sites for hydroxylation is 3. The number of anilines is 1. The highest BCUT2D eigenvalue weighted by Gasteiger charge is 2.17. The summed E-state index contributed by atoms with van der Waals surface area (Å²) in [6.45, 7) is 3.75. The number of primary amides is 1. The van der Waals surface area contributed by atoms with Crippen molar-refractivity contribution in [1.29, 1.82) is 0 Å². The first kappa shape index (κ1) is 21.6. The molecule has 4 rings (SSSR count). The van der Waals surface area contributed by atoms with E-state index in [0.717, 1.165) is 32.7 Å². The summed E-state index contributed by atoms with van der Waals surface area (Å²) >= 11 is 1.56. The molecular formula is C22H23N7O2S. The largest absolute Gasteiger partial charge is 0.365 e. The standard InChI is InChI=1S/C22H23N7O2S/c1-13-17(14(2)29-21(26-13)18(12-25-29)20(23)31)8-9-19(30)27-15-4-6-16(7-5-15)32-22-24-10-11-28(22)3/h4-7,10-12H,8-9H2,1-3H3,(H2,23,31)(H,27,30). The summed E-state index contributed by atoms with van der Waals surface area (Å²) < 4.78 is 3.55. The molecule has 0 bridgehead atoms. The summed E-state index contributed by atoms with van der Waals surface area (Å²) in [7, 11) is 1.95. The summed E-state index contributed by atoms with van der Waals surface area (Å²) in [6, 6.07) is 7.66. The van der Waals surface area contributed by atoms with Crippen LogP contribution in [0.25, 0.3) is 5.65 Å². The fourth-order valence-corrected chi connectivity index (χ4v) is 4.27. The molecule has 9 nitrogen and oxygen atoms in total. The number of benzene rings is 1. The lowest BCUT2D eigenvalue weighted by Crippen LogP contribution is -2.15. The van der Waals surface area contributed by atoms with Gasteiger partial charge in [0.25, 0.3) is 5.91 Å². The Morgan fingerprint density at radius 3 is 2.59 bits per heavy atom. The fraction of sp³-hybridized carbons (Fsp3) is 0.227. The predicted molar refractivity (Wildman–Crippen MR) is 122 cm³/mol. The second kappa shape index (κ2) is 8.83. The Bertz CT molecular complexity index is 1310. The molecule has 32 heavy (non-hydrogen) atoms. The first-order chi connectivity index (χ1) is 15.3. The van der Waals surface area contributed by atoms with Crippen LogP contribution in [0.15, 0.2) is 52.9 Å². The van der Waals surface area contributed by atoms with Crippen LogP contribution < -0.4 is 11.1 Å². The minimum atomic E-state index is -0.567. The molecule has 0 radical (unpaired) electrons. The van der Waals surface area contributed by atoms with Crippen molar-refractivity contribution in [2.75, 3.05) is 5.32 Å². The lowest BCUT2D eigenvalue weighted by molar-refractivity contribution is -0.116. The minimum Gasteiger partial charge on any atom is -0.365 e. The van der Waals surface area contributed by atoms with Crippen molar-refractivity contribution in [3.63, 3.8) is 0 Å². The highest BCUT2D eigenvalue weighted by atomic mass is 32.2. The quantitative estimate of drug-likeness (QED) is 0.448. The molecule has 0 saturated carbocycles. The minimum absolute atomic E-state index is 0.0910. The van der Waals surface area contributed by atoms with E-state index in [2.05, 4.69) is 20.4 Å². The highest BCUT2D eigenvalue weighted by Crippen LogP contribution is 2.27. The van der Waals surface area contributed by atoms with Crippen LogP contribution in [0.3, 0.4) is 0 Å². The average Bonchev–Trinajstić information content (AvgIpc) is 3.35. The lowest BCUT2D eigenvalue weighted by atomic mass is 10.1. The van der Waals surface area contributed by atoms with Crippen molar-refractivity contribution in [2.24, 2.45) is 12.8 Å². The Hall–Kier alpha value is -3.66. The van der Waals surface area contributed by atoms with Crippen LogP contribution >= 0.6 is 11.8 Å². The Morgan fingerprint density at radius 1 is 1.19 bits per heavy atom. The van der Waals surface area contributed by atoms with Crippen molar-refractivity contribution in [3.8, 4) is 0 Å². The molecule has 0 atom stereocenters. The number of rotatable bonds is 7. The van der Waals surface area contributed by atoms with Crippen LogP contribution in [0, 0.1) is 13.8 Å². The number of carbonyl (C=O) groups excluding carboxylic acids is 2. The molecule has 0 fully saturated rings. The van der Waals surface area contributed by atoms with Gasteiger partial charge in [-0.1, -0.05) is 11.8 Å². The van der Waals surface area contributed by atoms with Gasteiger partial charge in [-0.3, -0.25) is 9.59 Å². The molecule has 3 aromatic heterocycles. The zero-order chi connectivity index (χ0) is 22.8. The number of hydrogen-bond acceptors (Lipinski definition) is 6. The van der Waals surface area contributed by atoms with Crippen molar-refractivity contribution >= 4 is 34.9 Å². The van der Waals surface area contributed by atoms with Crippen molar-refractivity contribution < 1.29 is 9.59 Å². The van der Waals surface area contributed by atoms with E-state index >= 15 is 0 Å². The van der Waals surface area contributed by atoms with E-state index in [-0.39, 0.29) is 11.5 Å². The molecule has 0 aliphatic heterocycles. The van der Waals surface area contributed by atoms with Gasteiger partial charge in [0.2, 0.25) is 5.91 Å². The van der Waals surface area contributed by atoms with E-state index in [0.29, 0.717) is 18.5 Å². The van der Waals surface area contributed by atoms with E-state index in [1.807, 2.05) is 55.9 Å². The molecule has 0 aliphatic rings. The Kier molecular flexibility index (Phi) is 5.95. The Morgan fingerprint density at radius 2 is 1.94 bits per heavy atom. The summed E-state index contributed by atoms with van der Waals surface area (Å²) in [4.78, 5) is 33.9. The topological polar surface area (TPSA) is 120 Å². The van der Waals surface area contributed by atoms with Crippen LogP contribution in [0.4, 0.5) is 5.69 Å². The third-order valence-corrected chi connectivity index (χ3v) is 6.28.